The van der Waals surface area contributed by atoms with Gasteiger partial charge in [-0.3, -0.25) is 10.1 Å². The van der Waals surface area contributed by atoms with E-state index in [9.17, 15) is 10.1 Å². The number of nitro benzene ring substituents is 1. The molecule has 1 heterocycles. The molecule has 0 bridgehead atoms. The number of rotatable bonds is 9. The van der Waals surface area contributed by atoms with Crippen LogP contribution < -0.4 is 4.90 Å². The Bertz CT molecular complexity index is 1680. The summed E-state index contributed by atoms with van der Waals surface area (Å²) in [5.74, 6) is 0. The van der Waals surface area contributed by atoms with Gasteiger partial charge < -0.3 is 4.90 Å². The summed E-state index contributed by atoms with van der Waals surface area (Å²) in [6.07, 6.45) is 4.30. The van der Waals surface area contributed by atoms with Gasteiger partial charge in [0.1, 0.15) is 0 Å². The maximum absolute atomic E-state index is 11.3. The molecule has 0 spiro atoms. The topological polar surface area (TPSA) is 46.4 Å². The molecule has 5 aromatic carbocycles. The number of nitro groups is 1. The van der Waals surface area contributed by atoms with Crippen LogP contribution in [0.15, 0.2) is 140 Å². The average molecular weight is 579 g/mol. The van der Waals surface area contributed by atoms with Crippen LogP contribution in [0.1, 0.15) is 67.0 Å². The lowest BCUT2D eigenvalue weighted by Gasteiger charge is -2.46. The van der Waals surface area contributed by atoms with Crippen LogP contribution in [-0.4, -0.2) is 10.5 Å². The summed E-state index contributed by atoms with van der Waals surface area (Å²) in [6.45, 7) is 7.43. The highest BCUT2D eigenvalue weighted by molar-refractivity contribution is 5.83. The first-order valence-electron chi connectivity index (χ1n) is 15.4. The van der Waals surface area contributed by atoms with Crippen molar-refractivity contribution in [2.75, 3.05) is 4.90 Å². The van der Waals surface area contributed by atoms with Crippen molar-refractivity contribution in [2.24, 2.45) is 0 Å². The summed E-state index contributed by atoms with van der Waals surface area (Å²) in [5, 5.41) is 11.3. The summed E-state index contributed by atoms with van der Waals surface area (Å²) in [4.78, 5) is 13.4. The predicted molar refractivity (Wildman–Crippen MR) is 181 cm³/mol. The molecule has 0 N–H and O–H groups in total. The van der Waals surface area contributed by atoms with Gasteiger partial charge >= 0.3 is 0 Å². The number of allylic oxidation sites excluding steroid dienone is 1. The van der Waals surface area contributed by atoms with E-state index in [0.717, 1.165) is 18.4 Å². The molecule has 0 aliphatic carbocycles. The first-order valence-corrected chi connectivity index (χ1v) is 15.4. The van der Waals surface area contributed by atoms with Gasteiger partial charge in [-0.05, 0) is 65.3 Å². The van der Waals surface area contributed by atoms with E-state index in [4.69, 9.17) is 0 Å². The van der Waals surface area contributed by atoms with Gasteiger partial charge in [-0.2, -0.15) is 0 Å². The van der Waals surface area contributed by atoms with E-state index in [-0.39, 0.29) is 16.1 Å². The number of hydrogen-bond acceptors (Lipinski definition) is 3. The maximum atomic E-state index is 11.3. The first-order chi connectivity index (χ1) is 21.4. The molecule has 1 aliphatic heterocycles. The van der Waals surface area contributed by atoms with Gasteiger partial charge in [0.25, 0.3) is 5.69 Å². The normalized spacial score (nSPS) is 16.2. The predicted octanol–water partition coefficient (Wildman–Crippen LogP) is 9.96. The Hall–Kier alpha value is -4.96. The zero-order valence-corrected chi connectivity index (χ0v) is 25.6. The second-order valence-electron chi connectivity index (χ2n) is 11.8. The third-order valence-electron chi connectivity index (χ3n) is 9.37. The van der Waals surface area contributed by atoms with Crippen molar-refractivity contribution in [3.63, 3.8) is 0 Å². The monoisotopic (exact) mass is 578 g/mol. The second-order valence-corrected chi connectivity index (χ2v) is 11.8. The highest BCUT2D eigenvalue weighted by atomic mass is 16.6. The Labute approximate surface area is 260 Å². The molecular weight excluding hydrogens is 540 g/mol. The number of non-ortho nitro benzene ring substituents is 1. The minimum atomic E-state index is -0.521. The van der Waals surface area contributed by atoms with Gasteiger partial charge in [0.05, 0.1) is 15.9 Å². The fraction of sp³-hybridized carbons (Fsp3) is 0.200. The Morgan fingerprint density at radius 3 is 1.68 bits per heavy atom. The molecule has 0 unspecified atom stereocenters. The lowest BCUT2D eigenvalue weighted by atomic mass is 9.64. The first kappa shape index (κ1) is 29.1. The Morgan fingerprint density at radius 1 is 0.705 bits per heavy atom. The van der Waals surface area contributed by atoms with Crippen molar-refractivity contribution in [1.29, 1.82) is 0 Å². The van der Waals surface area contributed by atoms with Crippen molar-refractivity contribution in [2.45, 2.75) is 51.1 Å². The molecule has 1 atom stereocenters. The highest BCUT2D eigenvalue weighted by Crippen LogP contribution is 2.49. The van der Waals surface area contributed by atoms with E-state index >= 15 is 0 Å². The molecule has 0 radical (unpaired) electrons. The summed E-state index contributed by atoms with van der Waals surface area (Å²) in [5.41, 5.74) is 9.09. The van der Waals surface area contributed by atoms with E-state index in [1.54, 1.807) is 12.1 Å². The molecule has 0 saturated carbocycles. The minimum absolute atomic E-state index is 0.114. The van der Waals surface area contributed by atoms with Crippen LogP contribution in [0.5, 0.6) is 0 Å². The van der Waals surface area contributed by atoms with Crippen molar-refractivity contribution >= 4 is 16.9 Å². The lowest BCUT2D eigenvalue weighted by molar-refractivity contribution is -0.384. The largest absolute Gasteiger partial charge is 0.358 e. The molecule has 1 aliphatic rings. The molecule has 6 rings (SSSR count). The molecule has 0 aromatic heterocycles. The number of fused-ring (bicyclic) bond motifs is 1. The number of hydrogen-bond donors (Lipinski definition) is 0. The number of benzene rings is 5. The quantitative estimate of drug-likeness (QED) is 0.0993. The third-order valence-corrected chi connectivity index (χ3v) is 9.37. The van der Waals surface area contributed by atoms with Crippen molar-refractivity contribution in [1.82, 2.24) is 0 Å². The Morgan fingerprint density at radius 2 is 1.23 bits per heavy atom. The molecule has 4 nitrogen and oxygen atoms in total. The van der Waals surface area contributed by atoms with Crippen molar-refractivity contribution in [3.8, 4) is 0 Å². The van der Waals surface area contributed by atoms with Crippen molar-refractivity contribution in [3.05, 3.63) is 183 Å². The summed E-state index contributed by atoms with van der Waals surface area (Å²) in [6, 6.07) is 46.5. The van der Waals surface area contributed by atoms with Gasteiger partial charge in [0, 0.05) is 29.9 Å². The maximum Gasteiger partial charge on any atom is 0.269 e. The van der Waals surface area contributed by atoms with Crippen LogP contribution in [0.4, 0.5) is 11.4 Å². The molecule has 44 heavy (non-hydrogen) atoms. The van der Waals surface area contributed by atoms with E-state index in [0.29, 0.717) is 6.54 Å². The summed E-state index contributed by atoms with van der Waals surface area (Å²) >= 11 is 0. The lowest BCUT2D eigenvalue weighted by Crippen LogP contribution is -2.46. The molecule has 0 saturated heterocycles. The smallest absolute Gasteiger partial charge is 0.269 e. The van der Waals surface area contributed by atoms with E-state index < -0.39 is 5.41 Å². The summed E-state index contributed by atoms with van der Waals surface area (Å²) < 4.78 is 0. The van der Waals surface area contributed by atoms with Crippen LogP contribution >= 0.6 is 0 Å². The second kappa shape index (κ2) is 12.0. The van der Waals surface area contributed by atoms with Gasteiger partial charge in [-0.15, -0.1) is 0 Å². The Kier molecular flexibility index (Phi) is 7.92. The number of anilines is 1. The zero-order chi connectivity index (χ0) is 30.7. The van der Waals surface area contributed by atoms with E-state index in [1.165, 1.54) is 39.1 Å². The summed E-state index contributed by atoms with van der Waals surface area (Å²) in [7, 11) is 0. The average Bonchev–Trinajstić information content (AvgIpc) is 3.08. The third kappa shape index (κ3) is 5.01. The zero-order valence-electron chi connectivity index (χ0n) is 25.6. The standard InChI is InChI=1S/C40H38N2O2/c1-4-31-28-39(3,5-2)41(29-30-21-24-36(25-22-30)42(43)44)38-26-23-35(27-37(31)38)40(32-15-9-6-10-16-32,33-17-11-7-12-18-33)34-19-13-8-14-20-34/h6-28H,4-5,29H2,1-3H3/t39-/m0/s1. The van der Waals surface area contributed by atoms with Crippen molar-refractivity contribution < 1.29 is 4.92 Å². The van der Waals surface area contributed by atoms with Crippen LogP contribution in [0.25, 0.3) is 5.57 Å². The van der Waals surface area contributed by atoms with Crippen LogP contribution in [0.2, 0.25) is 0 Å². The molecule has 5 aromatic rings. The van der Waals surface area contributed by atoms with E-state index in [1.807, 2.05) is 12.1 Å². The van der Waals surface area contributed by atoms with Gasteiger partial charge in [-0.1, -0.05) is 129 Å². The van der Waals surface area contributed by atoms with Gasteiger partial charge in [-0.25, -0.2) is 0 Å². The van der Waals surface area contributed by atoms with Crippen LogP contribution in [0.3, 0.4) is 0 Å². The molecule has 220 valence electrons. The van der Waals surface area contributed by atoms with Gasteiger partial charge in [0.2, 0.25) is 0 Å². The fourth-order valence-corrected chi connectivity index (χ4v) is 6.89. The molecule has 0 amide bonds. The Balaban J connectivity index is 1.58. The molecule has 4 heteroatoms. The number of nitrogens with zero attached hydrogens (tertiary/aromatic N) is 2. The van der Waals surface area contributed by atoms with Gasteiger partial charge in [0.15, 0.2) is 0 Å². The molecular formula is C40H38N2O2. The molecule has 0 fully saturated rings. The highest BCUT2D eigenvalue weighted by Gasteiger charge is 2.40. The SMILES string of the molecule is CCC1=C[C@](C)(CC)N(Cc2ccc([N+](=O)[O-])cc2)c2ccc(C(c3ccccc3)(c3ccccc3)c3ccccc3)cc21. The van der Waals surface area contributed by atoms with Crippen LogP contribution in [-0.2, 0) is 12.0 Å². The fourth-order valence-electron chi connectivity index (χ4n) is 6.89. The van der Waals surface area contributed by atoms with E-state index in [2.05, 4.69) is 141 Å². The van der Waals surface area contributed by atoms with Crippen LogP contribution in [0, 0.1) is 10.1 Å². The minimum Gasteiger partial charge on any atom is -0.358 e.